The third-order valence-electron chi connectivity index (χ3n) is 4.99. The minimum absolute atomic E-state index is 0.0231. The third-order valence-corrected chi connectivity index (χ3v) is 4.99. The molecule has 2 atom stereocenters. The van der Waals surface area contributed by atoms with E-state index in [1.165, 1.54) is 25.7 Å². The number of nitrogens with zero attached hydrogens (tertiary/aromatic N) is 1. The van der Waals surface area contributed by atoms with E-state index in [9.17, 15) is 0 Å². The van der Waals surface area contributed by atoms with Crippen molar-refractivity contribution in [2.24, 2.45) is 17.6 Å². The highest BCUT2D eigenvalue weighted by Gasteiger charge is 2.51. The minimum atomic E-state index is 0.0231. The first-order valence-electron chi connectivity index (χ1n) is 7.64. The normalized spacial score (nSPS) is 24.5. The van der Waals surface area contributed by atoms with Crippen LogP contribution in [-0.4, -0.2) is 57.0 Å². The molecule has 0 amide bonds. The highest BCUT2D eigenvalue weighted by molar-refractivity contribution is 5.06. The molecular formula is C15H30N2O2. The summed E-state index contributed by atoms with van der Waals surface area (Å²) >= 11 is 0. The molecule has 4 heteroatoms. The van der Waals surface area contributed by atoms with Crippen LogP contribution in [0, 0.1) is 11.8 Å². The summed E-state index contributed by atoms with van der Waals surface area (Å²) < 4.78 is 10.9. The lowest BCUT2D eigenvalue weighted by atomic mass is 9.89. The fourth-order valence-electron chi connectivity index (χ4n) is 3.50. The Bertz CT molecular complexity index is 279. The van der Waals surface area contributed by atoms with E-state index in [-0.39, 0.29) is 5.54 Å². The zero-order valence-electron chi connectivity index (χ0n) is 12.7. The largest absolute Gasteiger partial charge is 0.383 e. The van der Waals surface area contributed by atoms with Crippen LogP contribution >= 0.6 is 0 Å². The van der Waals surface area contributed by atoms with Crippen LogP contribution in [0.3, 0.4) is 0 Å². The van der Waals surface area contributed by atoms with Gasteiger partial charge in [-0.05, 0) is 44.4 Å². The summed E-state index contributed by atoms with van der Waals surface area (Å²) in [7, 11) is 3.57. The lowest BCUT2D eigenvalue weighted by Gasteiger charge is -2.47. The summed E-state index contributed by atoms with van der Waals surface area (Å²) in [6.07, 6.45) is 5.31. The molecule has 0 heterocycles. The van der Waals surface area contributed by atoms with Crippen LogP contribution in [0.1, 0.15) is 32.6 Å². The molecule has 0 aromatic rings. The maximum absolute atomic E-state index is 6.20. The number of rotatable bonds is 10. The molecule has 0 spiro atoms. The molecule has 0 aromatic carbocycles. The van der Waals surface area contributed by atoms with Gasteiger partial charge in [0.05, 0.1) is 18.8 Å². The molecule has 2 aliphatic rings. The summed E-state index contributed by atoms with van der Waals surface area (Å²) in [6.45, 7) is 5.53. The summed E-state index contributed by atoms with van der Waals surface area (Å²) in [5, 5.41) is 0. The Balaban J connectivity index is 2.14. The molecule has 4 nitrogen and oxygen atoms in total. The lowest BCUT2D eigenvalue weighted by molar-refractivity contribution is -0.0388. The smallest absolute Gasteiger partial charge is 0.0661 e. The van der Waals surface area contributed by atoms with Gasteiger partial charge in [-0.25, -0.2) is 0 Å². The third kappa shape index (κ3) is 3.30. The number of methoxy groups -OCH3 is 2. The number of ether oxygens (including phenoxy) is 2. The van der Waals surface area contributed by atoms with Crippen molar-refractivity contribution in [1.82, 2.24) is 4.90 Å². The van der Waals surface area contributed by atoms with Gasteiger partial charge in [0, 0.05) is 33.4 Å². The van der Waals surface area contributed by atoms with Crippen molar-refractivity contribution >= 4 is 0 Å². The van der Waals surface area contributed by atoms with Gasteiger partial charge in [-0.1, -0.05) is 0 Å². The Kier molecular flexibility index (Phi) is 5.23. The Morgan fingerprint density at radius 2 is 1.89 bits per heavy atom. The molecule has 2 unspecified atom stereocenters. The van der Waals surface area contributed by atoms with Crippen molar-refractivity contribution in [2.45, 2.75) is 44.2 Å². The minimum Gasteiger partial charge on any atom is -0.383 e. The van der Waals surface area contributed by atoms with Gasteiger partial charge in [-0.2, -0.15) is 0 Å². The molecule has 2 aliphatic carbocycles. The average Bonchev–Trinajstić information content (AvgIpc) is 3.30. The highest BCUT2D eigenvalue weighted by Crippen LogP contribution is 2.46. The maximum Gasteiger partial charge on any atom is 0.0661 e. The zero-order valence-corrected chi connectivity index (χ0v) is 12.7. The molecule has 2 saturated carbocycles. The second-order valence-corrected chi connectivity index (χ2v) is 6.28. The van der Waals surface area contributed by atoms with Crippen LogP contribution < -0.4 is 5.73 Å². The fraction of sp³-hybridized carbons (Fsp3) is 1.00. The zero-order chi connectivity index (χ0) is 13.9. The monoisotopic (exact) mass is 270 g/mol. The van der Waals surface area contributed by atoms with E-state index in [4.69, 9.17) is 15.2 Å². The fourth-order valence-corrected chi connectivity index (χ4v) is 3.50. The van der Waals surface area contributed by atoms with Crippen molar-refractivity contribution in [3.05, 3.63) is 0 Å². The van der Waals surface area contributed by atoms with Crippen molar-refractivity contribution in [3.8, 4) is 0 Å². The molecule has 2 N–H and O–H groups in total. The second-order valence-electron chi connectivity index (χ2n) is 6.28. The number of hydrogen-bond acceptors (Lipinski definition) is 4. The number of hydrogen-bond donors (Lipinski definition) is 1. The summed E-state index contributed by atoms with van der Waals surface area (Å²) in [5.74, 6) is 1.55. The Morgan fingerprint density at radius 3 is 2.32 bits per heavy atom. The standard InChI is InChI=1S/C15H30N2O2/c1-12(13-4-5-13)17(8-9-18-2)15(10-16,11-19-3)14-6-7-14/h12-14H,4-11,16H2,1-3H3. The molecule has 2 rings (SSSR count). The van der Waals surface area contributed by atoms with Gasteiger partial charge in [-0.3, -0.25) is 4.90 Å². The van der Waals surface area contributed by atoms with Crippen LogP contribution in [0.15, 0.2) is 0 Å². The van der Waals surface area contributed by atoms with Gasteiger partial charge in [-0.15, -0.1) is 0 Å². The number of nitrogens with two attached hydrogens (primary N) is 1. The summed E-state index contributed by atoms with van der Waals surface area (Å²) in [6, 6.07) is 0.592. The predicted molar refractivity (Wildman–Crippen MR) is 77.2 cm³/mol. The van der Waals surface area contributed by atoms with E-state index in [0.717, 1.165) is 25.7 Å². The molecule has 0 bridgehead atoms. The molecular weight excluding hydrogens is 240 g/mol. The first-order valence-corrected chi connectivity index (χ1v) is 7.64. The quantitative estimate of drug-likeness (QED) is 0.653. The molecule has 0 radical (unpaired) electrons. The molecule has 0 aromatic heterocycles. The van der Waals surface area contributed by atoms with Crippen LogP contribution in [0.4, 0.5) is 0 Å². The molecule has 19 heavy (non-hydrogen) atoms. The molecule has 0 aliphatic heterocycles. The lowest BCUT2D eigenvalue weighted by Crippen LogP contribution is -2.62. The van der Waals surface area contributed by atoms with E-state index in [2.05, 4.69) is 11.8 Å². The Labute approximate surface area is 117 Å². The van der Waals surface area contributed by atoms with Gasteiger partial charge in [0.1, 0.15) is 0 Å². The van der Waals surface area contributed by atoms with Crippen LogP contribution in [0.5, 0.6) is 0 Å². The Hall–Kier alpha value is -0.160. The van der Waals surface area contributed by atoms with Crippen LogP contribution in [-0.2, 0) is 9.47 Å². The van der Waals surface area contributed by atoms with Crippen molar-refractivity contribution < 1.29 is 9.47 Å². The molecule has 2 fully saturated rings. The van der Waals surface area contributed by atoms with Crippen LogP contribution in [0.2, 0.25) is 0 Å². The van der Waals surface area contributed by atoms with Gasteiger partial charge in [0.15, 0.2) is 0 Å². The first kappa shape index (κ1) is 15.2. The average molecular weight is 270 g/mol. The molecule has 112 valence electrons. The van der Waals surface area contributed by atoms with Crippen molar-refractivity contribution in [1.29, 1.82) is 0 Å². The van der Waals surface area contributed by atoms with E-state index in [0.29, 0.717) is 18.5 Å². The highest BCUT2D eigenvalue weighted by atomic mass is 16.5. The van der Waals surface area contributed by atoms with E-state index < -0.39 is 0 Å². The topological polar surface area (TPSA) is 47.7 Å². The first-order chi connectivity index (χ1) is 9.19. The van der Waals surface area contributed by atoms with E-state index in [1.807, 2.05) is 0 Å². The second kappa shape index (κ2) is 6.53. The van der Waals surface area contributed by atoms with Gasteiger partial charge in [0.2, 0.25) is 0 Å². The SMILES string of the molecule is COCCN(C(C)C1CC1)C(CN)(COC)C1CC1. The summed E-state index contributed by atoms with van der Waals surface area (Å²) in [4.78, 5) is 2.61. The van der Waals surface area contributed by atoms with Crippen LogP contribution in [0.25, 0.3) is 0 Å². The predicted octanol–water partition coefficient (Wildman–Crippen LogP) is 1.49. The van der Waals surface area contributed by atoms with Crippen molar-refractivity contribution in [2.75, 3.05) is 40.5 Å². The maximum atomic E-state index is 6.20. The summed E-state index contributed by atoms with van der Waals surface area (Å²) in [5.41, 5.74) is 6.23. The van der Waals surface area contributed by atoms with Crippen molar-refractivity contribution in [3.63, 3.8) is 0 Å². The van der Waals surface area contributed by atoms with Gasteiger partial charge in [0.25, 0.3) is 0 Å². The van der Waals surface area contributed by atoms with Gasteiger partial charge >= 0.3 is 0 Å². The van der Waals surface area contributed by atoms with E-state index >= 15 is 0 Å². The van der Waals surface area contributed by atoms with E-state index in [1.54, 1.807) is 14.2 Å². The van der Waals surface area contributed by atoms with Gasteiger partial charge < -0.3 is 15.2 Å². The Morgan fingerprint density at radius 1 is 1.21 bits per heavy atom. The molecule has 0 saturated heterocycles.